The van der Waals surface area contributed by atoms with E-state index in [1.165, 1.54) is 4.90 Å². The number of aliphatic hydroxyl groups is 3. The van der Waals surface area contributed by atoms with E-state index in [2.05, 4.69) is 0 Å². The van der Waals surface area contributed by atoms with Crippen molar-refractivity contribution in [3.8, 4) is 5.75 Å². The van der Waals surface area contributed by atoms with Crippen LogP contribution in [0.5, 0.6) is 5.75 Å². The number of amides is 1. The molecule has 36 heavy (non-hydrogen) atoms. The number of carbonyl (C=O) groups excluding carboxylic acids is 3. The lowest BCUT2D eigenvalue weighted by atomic mass is 9.57. The number of anilines is 1. The summed E-state index contributed by atoms with van der Waals surface area (Å²) in [6.07, 6.45) is 0.262. The Bertz CT molecular complexity index is 1230. The molecule has 196 valence electrons. The second kappa shape index (κ2) is 8.91. The van der Waals surface area contributed by atoms with E-state index in [4.69, 9.17) is 11.5 Å². The molecule has 1 aromatic carbocycles. The highest BCUT2D eigenvalue weighted by molar-refractivity contribution is 6.24. The van der Waals surface area contributed by atoms with Crippen molar-refractivity contribution in [2.75, 3.05) is 33.1 Å². The second-order valence-corrected chi connectivity index (χ2v) is 9.82. The van der Waals surface area contributed by atoms with E-state index in [0.717, 1.165) is 0 Å². The van der Waals surface area contributed by atoms with Crippen LogP contribution >= 0.6 is 0 Å². The number of aromatic hydroxyl groups is 1. The van der Waals surface area contributed by atoms with E-state index in [-0.39, 0.29) is 43.7 Å². The molecule has 0 heterocycles. The minimum atomic E-state index is -2.66. The van der Waals surface area contributed by atoms with E-state index in [1.54, 1.807) is 39.2 Å². The van der Waals surface area contributed by atoms with Crippen molar-refractivity contribution >= 4 is 28.9 Å². The van der Waals surface area contributed by atoms with Gasteiger partial charge in [0, 0.05) is 43.4 Å². The number of aliphatic hydroxyl groups excluding tert-OH is 2. The minimum absolute atomic E-state index is 0. The maximum absolute atomic E-state index is 13.8. The lowest BCUT2D eigenvalue weighted by Gasteiger charge is -2.50. The first-order valence-electron chi connectivity index (χ1n) is 11.2. The molecule has 0 radical (unpaired) electrons. The molecule has 3 aliphatic rings. The molecule has 0 bridgehead atoms. The number of nitrogens with two attached hydrogens (primary N) is 2. The Balaban J connectivity index is 0.00000361. The number of hydrogen-bond donors (Lipinski definition) is 6. The first-order chi connectivity index (χ1) is 16.3. The summed E-state index contributed by atoms with van der Waals surface area (Å²) in [5.41, 5.74) is 9.10. The number of rotatable bonds is 4. The van der Waals surface area contributed by atoms with Crippen molar-refractivity contribution in [2.24, 2.45) is 23.3 Å². The van der Waals surface area contributed by atoms with Gasteiger partial charge in [0.25, 0.3) is 5.91 Å². The Morgan fingerprint density at radius 1 is 1.17 bits per heavy atom. The molecular weight excluding hydrogens is 468 g/mol. The fourth-order valence-electron chi connectivity index (χ4n) is 5.90. The van der Waals surface area contributed by atoms with Gasteiger partial charge in [-0.25, -0.2) is 0 Å². The smallest absolute Gasteiger partial charge is 0.255 e. The predicted octanol–water partition coefficient (Wildman–Crippen LogP) is 0.125. The standard InChI is InChI=1S/C24H30N4O7.CH4/c1-27(2)13-7-10(8-25)18(29)15-11(13)5-9-6-12-17(28(3)4)20(31)16(23(26)34)22(33)24(12,35)21(32)14(9)19(15)30;/h7,9,12,17,29-30,33,35H,5-6,8,25H2,1-4H3,(H2,26,34);1H4/t9-,12-,17-,24-;/m0./s1. The zero-order valence-electron chi connectivity index (χ0n) is 20.0. The topological polar surface area (TPSA) is 191 Å². The number of nitrogens with zero attached hydrogens (tertiary/aromatic N) is 2. The maximum atomic E-state index is 13.8. The molecule has 11 nitrogen and oxygen atoms in total. The van der Waals surface area contributed by atoms with Crippen molar-refractivity contribution in [1.82, 2.24) is 4.90 Å². The van der Waals surface area contributed by atoms with Crippen LogP contribution in [0, 0.1) is 11.8 Å². The third-order valence-electron chi connectivity index (χ3n) is 7.48. The number of likely N-dealkylation sites (N-methyl/N-ethyl adjacent to an activating group) is 1. The van der Waals surface area contributed by atoms with Crippen LogP contribution in [0.25, 0.3) is 5.76 Å². The van der Waals surface area contributed by atoms with Gasteiger partial charge < -0.3 is 36.8 Å². The largest absolute Gasteiger partial charge is 0.508 e. The summed E-state index contributed by atoms with van der Waals surface area (Å²) in [6, 6.07) is 0.599. The molecule has 1 saturated carbocycles. The highest BCUT2D eigenvalue weighted by Gasteiger charge is 2.64. The van der Waals surface area contributed by atoms with E-state index in [1.807, 2.05) is 0 Å². The van der Waals surface area contributed by atoms with Gasteiger partial charge in [-0.3, -0.25) is 19.3 Å². The number of benzene rings is 1. The number of phenols is 1. The average molecular weight is 503 g/mol. The zero-order valence-corrected chi connectivity index (χ0v) is 20.0. The molecule has 11 heteroatoms. The molecule has 1 fully saturated rings. The quantitative estimate of drug-likeness (QED) is 0.308. The van der Waals surface area contributed by atoms with Gasteiger partial charge in [0.1, 0.15) is 22.8 Å². The van der Waals surface area contributed by atoms with Gasteiger partial charge in [0.2, 0.25) is 5.78 Å². The molecule has 4 rings (SSSR count). The summed E-state index contributed by atoms with van der Waals surface area (Å²) in [4.78, 5) is 42.2. The molecule has 1 amide bonds. The van der Waals surface area contributed by atoms with Crippen molar-refractivity contribution in [1.29, 1.82) is 0 Å². The van der Waals surface area contributed by atoms with Gasteiger partial charge >= 0.3 is 0 Å². The Morgan fingerprint density at radius 3 is 2.28 bits per heavy atom. The van der Waals surface area contributed by atoms with E-state index in [0.29, 0.717) is 16.8 Å². The van der Waals surface area contributed by atoms with Crippen molar-refractivity contribution in [3.05, 3.63) is 39.7 Å². The summed E-state index contributed by atoms with van der Waals surface area (Å²) in [7, 11) is 6.71. The summed E-state index contributed by atoms with van der Waals surface area (Å²) >= 11 is 0. The number of primary amides is 1. The third-order valence-corrected chi connectivity index (χ3v) is 7.48. The molecule has 0 aromatic heterocycles. The molecule has 3 aliphatic carbocycles. The number of hydrogen-bond acceptors (Lipinski definition) is 10. The van der Waals surface area contributed by atoms with Crippen LogP contribution in [0.2, 0.25) is 0 Å². The summed E-state index contributed by atoms with van der Waals surface area (Å²) < 4.78 is 0. The molecule has 4 atom stereocenters. The maximum Gasteiger partial charge on any atom is 0.255 e. The fraction of sp³-hybridized carbons (Fsp3) is 0.480. The summed E-state index contributed by atoms with van der Waals surface area (Å²) in [6.45, 7) is -0.0237. The van der Waals surface area contributed by atoms with Crippen LogP contribution in [0.4, 0.5) is 5.69 Å². The zero-order chi connectivity index (χ0) is 26.1. The second-order valence-electron chi connectivity index (χ2n) is 9.82. The number of Topliss-reactive ketones (excluding diaryl/α,β-unsaturated/α-hetero) is 2. The Kier molecular flexibility index (Phi) is 6.73. The monoisotopic (exact) mass is 502 g/mol. The Labute approximate surface area is 209 Å². The fourth-order valence-corrected chi connectivity index (χ4v) is 5.90. The highest BCUT2D eigenvalue weighted by atomic mass is 16.3. The van der Waals surface area contributed by atoms with Gasteiger partial charge in [-0.05, 0) is 44.5 Å². The van der Waals surface area contributed by atoms with Gasteiger partial charge in [-0.15, -0.1) is 0 Å². The molecule has 0 aliphatic heterocycles. The molecule has 1 aromatic rings. The Morgan fingerprint density at radius 2 is 1.78 bits per heavy atom. The van der Waals surface area contributed by atoms with Crippen LogP contribution < -0.4 is 16.4 Å². The molecular formula is C25H34N4O7. The molecule has 0 spiro atoms. The van der Waals surface area contributed by atoms with Crippen LogP contribution in [-0.2, 0) is 27.3 Å². The summed E-state index contributed by atoms with van der Waals surface area (Å²) in [5.74, 6) is -6.74. The lowest BCUT2D eigenvalue weighted by molar-refractivity contribution is -0.153. The first kappa shape index (κ1) is 27.2. The van der Waals surface area contributed by atoms with Crippen LogP contribution in [0.15, 0.2) is 23.0 Å². The molecule has 0 unspecified atom stereocenters. The van der Waals surface area contributed by atoms with Crippen molar-refractivity contribution in [2.45, 2.75) is 38.5 Å². The number of ketones is 2. The van der Waals surface area contributed by atoms with Gasteiger partial charge in [-0.2, -0.15) is 0 Å². The predicted molar refractivity (Wildman–Crippen MR) is 133 cm³/mol. The number of fused-ring (bicyclic) bond motifs is 3. The van der Waals surface area contributed by atoms with Crippen molar-refractivity contribution < 1.29 is 34.8 Å². The van der Waals surface area contributed by atoms with E-state index < -0.39 is 58.0 Å². The van der Waals surface area contributed by atoms with Crippen molar-refractivity contribution in [3.63, 3.8) is 0 Å². The lowest BCUT2D eigenvalue weighted by Crippen LogP contribution is -2.65. The number of carbonyl (C=O) groups is 3. The normalized spacial score (nSPS) is 27.4. The van der Waals surface area contributed by atoms with E-state index in [9.17, 15) is 34.8 Å². The summed E-state index contributed by atoms with van der Waals surface area (Å²) in [5, 5.41) is 44.6. The average Bonchev–Trinajstić information content (AvgIpc) is 2.75. The van der Waals surface area contributed by atoms with Crippen LogP contribution in [0.3, 0.4) is 0 Å². The first-order valence-corrected chi connectivity index (χ1v) is 11.2. The van der Waals surface area contributed by atoms with E-state index >= 15 is 0 Å². The third kappa shape index (κ3) is 3.41. The number of phenolic OH excluding ortho intramolecular Hbond substituents is 1. The minimum Gasteiger partial charge on any atom is -0.508 e. The SMILES string of the molecule is C.CN(C)c1cc(CN)c(O)c2c1C[C@H]1C[C@H]3[C@H](N(C)C)C(=O)C(C(N)=O)=C(O)[C@@]3(O)C(=O)C1=C2O. The van der Waals surface area contributed by atoms with Gasteiger partial charge in [0.05, 0.1) is 11.6 Å². The molecule has 8 N–H and O–H groups in total. The van der Waals surface area contributed by atoms with Crippen LogP contribution in [-0.4, -0.2) is 82.6 Å². The highest BCUT2D eigenvalue weighted by Crippen LogP contribution is 2.54. The van der Waals surface area contributed by atoms with Gasteiger partial charge in [-0.1, -0.05) is 7.43 Å². The van der Waals surface area contributed by atoms with Crippen LogP contribution in [0.1, 0.15) is 30.5 Å². The Hall–Kier alpha value is -3.41. The molecule has 0 saturated heterocycles. The van der Waals surface area contributed by atoms with Gasteiger partial charge in [0.15, 0.2) is 11.4 Å².